The fourth-order valence-electron chi connectivity index (χ4n) is 2.66. The summed E-state index contributed by atoms with van der Waals surface area (Å²) in [6.45, 7) is 3.59. The Balaban J connectivity index is 1.67. The molecule has 3 rings (SSSR count). The molecule has 10 heteroatoms. The predicted octanol–water partition coefficient (Wildman–Crippen LogP) is 3.07. The molecule has 2 atom stereocenters. The largest absolute Gasteiger partial charge is 0.385 e. The van der Waals surface area contributed by atoms with Gasteiger partial charge in [-0.15, -0.1) is 0 Å². The Kier molecular flexibility index (Phi) is 5.96. The van der Waals surface area contributed by atoms with Crippen molar-refractivity contribution in [3.05, 3.63) is 58.3 Å². The minimum atomic E-state index is -0.861. The van der Waals surface area contributed by atoms with Crippen LogP contribution in [0.4, 0.5) is 4.39 Å². The first kappa shape index (κ1) is 20.5. The predicted molar refractivity (Wildman–Crippen MR) is 101 cm³/mol. The van der Waals surface area contributed by atoms with Crippen LogP contribution in [0.15, 0.2) is 35.0 Å². The van der Waals surface area contributed by atoms with Crippen LogP contribution in [0.5, 0.6) is 0 Å². The molecule has 1 amide bonds. The van der Waals surface area contributed by atoms with E-state index in [-0.39, 0.29) is 33.6 Å². The first-order chi connectivity index (χ1) is 13.8. The number of hydrogen-bond donors (Lipinski definition) is 2. The summed E-state index contributed by atoms with van der Waals surface area (Å²) in [6, 6.07) is 7.36. The maximum atomic E-state index is 14.4. The van der Waals surface area contributed by atoms with Crippen LogP contribution in [-0.2, 0) is 6.54 Å². The lowest BCUT2D eigenvalue weighted by atomic mass is 10.1. The Morgan fingerprint density at radius 3 is 2.86 bits per heavy atom. The van der Waals surface area contributed by atoms with E-state index in [4.69, 9.17) is 21.4 Å². The lowest BCUT2D eigenvalue weighted by Crippen LogP contribution is -2.36. The lowest BCUT2D eigenvalue weighted by molar-refractivity contribution is 0.0925. The fraction of sp³-hybridized carbons (Fsp3) is 0.263. The van der Waals surface area contributed by atoms with Crippen LogP contribution in [0.3, 0.4) is 0 Å². The van der Waals surface area contributed by atoms with Crippen molar-refractivity contribution in [1.82, 2.24) is 20.3 Å². The third-order valence-electron chi connectivity index (χ3n) is 4.13. The van der Waals surface area contributed by atoms with Crippen LogP contribution < -0.4 is 5.32 Å². The van der Waals surface area contributed by atoms with Gasteiger partial charge in [0.2, 0.25) is 0 Å². The number of nitrogens with one attached hydrogen (secondary N) is 1. The average Bonchev–Trinajstić information content (AvgIpc) is 3.33. The summed E-state index contributed by atoms with van der Waals surface area (Å²) in [5, 5.41) is 28.8. The molecular weight excluding hydrogens is 401 g/mol. The standard InChI is InChI=1S/C19H17ClFN5O3/c1-10(23-19(28)15-7-16(11(2)27)29-25-15)9-26-6-5-14(24-26)13-4-3-12(8-22)17(20)18(13)21/h3-7,10-11,27H,9H2,1-2H3,(H,23,28)/t10-,11?/m0/s1. The summed E-state index contributed by atoms with van der Waals surface area (Å²) in [7, 11) is 0. The van der Waals surface area contributed by atoms with E-state index in [1.54, 1.807) is 23.9 Å². The zero-order valence-corrected chi connectivity index (χ0v) is 16.3. The van der Waals surface area contributed by atoms with Gasteiger partial charge in [0.05, 0.1) is 22.8 Å². The van der Waals surface area contributed by atoms with Gasteiger partial charge in [-0.2, -0.15) is 10.4 Å². The number of halogens is 2. The number of aliphatic hydroxyl groups excluding tert-OH is 1. The monoisotopic (exact) mass is 417 g/mol. The molecule has 0 fully saturated rings. The number of aromatic nitrogens is 3. The number of carbonyl (C=O) groups is 1. The molecule has 2 heterocycles. The Bertz CT molecular complexity index is 1090. The van der Waals surface area contributed by atoms with Gasteiger partial charge in [0.1, 0.15) is 12.2 Å². The number of aliphatic hydroxyl groups is 1. The second-order valence-corrected chi connectivity index (χ2v) is 6.87. The Morgan fingerprint density at radius 1 is 1.45 bits per heavy atom. The van der Waals surface area contributed by atoms with Gasteiger partial charge in [0.25, 0.3) is 5.91 Å². The molecule has 0 aliphatic rings. The van der Waals surface area contributed by atoms with Gasteiger partial charge in [-0.05, 0) is 32.0 Å². The third kappa shape index (κ3) is 4.45. The summed E-state index contributed by atoms with van der Waals surface area (Å²) in [6.07, 6.45) is 0.783. The first-order valence-corrected chi connectivity index (χ1v) is 9.05. The minimum Gasteiger partial charge on any atom is -0.385 e. The molecule has 0 radical (unpaired) electrons. The highest BCUT2D eigenvalue weighted by molar-refractivity contribution is 6.32. The molecule has 0 aliphatic carbocycles. The van der Waals surface area contributed by atoms with Gasteiger partial charge >= 0.3 is 0 Å². The minimum absolute atomic E-state index is 0.0512. The normalized spacial score (nSPS) is 13.0. The highest BCUT2D eigenvalue weighted by Gasteiger charge is 2.18. The van der Waals surface area contributed by atoms with Crippen LogP contribution in [0, 0.1) is 17.1 Å². The molecule has 1 unspecified atom stereocenters. The molecule has 0 bridgehead atoms. The van der Waals surface area contributed by atoms with Gasteiger partial charge < -0.3 is 14.9 Å². The maximum Gasteiger partial charge on any atom is 0.273 e. The SMILES string of the molecule is CC(O)c1cc(C(=O)N[C@@H](C)Cn2ccc(-c3ccc(C#N)c(Cl)c3F)n2)no1. The zero-order chi connectivity index (χ0) is 21.1. The van der Waals surface area contributed by atoms with Crippen molar-refractivity contribution in [2.24, 2.45) is 0 Å². The van der Waals surface area contributed by atoms with Crippen LogP contribution >= 0.6 is 11.6 Å². The topological polar surface area (TPSA) is 117 Å². The van der Waals surface area contributed by atoms with Crippen molar-refractivity contribution in [1.29, 1.82) is 5.26 Å². The molecule has 0 saturated heterocycles. The zero-order valence-electron chi connectivity index (χ0n) is 15.6. The molecule has 150 valence electrons. The van der Waals surface area contributed by atoms with E-state index in [9.17, 15) is 14.3 Å². The van der Waals surface area contributed by atoms with Gasteiger partial charge in [-0.1, -0.05) is 16.8 Å². The van der Waals surface area contributed by atoms with Gasteiger partial charge in [0.15, 0.2) is 17.3 Å². The molecule has 29 heavy (non-hydrogen) atoms. The van der Waals surface area contributed by atoms with Crippen LogP contribution in [0.25, 0.3) is 11.3 Å². The summed E-state index contributed by atoms with van der Waals surface area (Å²) < 4.78 is 20.8. The second kappa shape index (κ2) is 8.43. The Labute approximate surface area is 170 Å². The molecule has 8 nitrogen and oxygen atoms in total. The van der Waals surface area contributed by atoms with Crippen molar-refractivity contribution < 1.29 is 18.8 Å². The third-order valence-corrected chi connectivity index (χ3v) is 4.50. The smallest absolute Gasteiger partial charge is 0.273 e. The highest BCUT2D eigenvalue weighted by Crippen LogP contribution is 2.29. The molecule has 2 aromatic heterocycles. The molecule has 3 aromatic rings. The van der Waals surface area contributed by atoms with Crippen LogP contribution in [0.1, 0.15) is 41.8 Å². The molecule has 0 aliphatic heterocycles. The number of hydrogen-bond acceptors (Lipinski definition) is 6. The fourth-order valence-corrected chi connectivity index (χ4v) is 2.86. The highest BCUT2D eigenvalue weighted by atomic mass is 35.5. The van der Waals surface area contributed by atoms with E-state index in [1.807, 2.05) is 6.07 Å². The average molecular weight is 418 g/mol. The summed E-state index contributed by atoms with van der Waals surface area (Å²) in [5.41, 5.74) is 0.640. The number of nitriles is 1. The second-order valence-electron chi connectivity index (χ2n) is 6.49. The first-order valence-electron chi connectivity index (χ1n) is 8.67. The number of benzene rings is 1. The van der Waals surface area contributed by atoms with Gasteiger partial charge in [0, 0.05) is 23.9 Å². The van der Waals surface area contributed by atoms with E-state index in [0.717, 1.165) is 0 Å². The van der Waals surface area contributed by atoms with E-state index in [0.29, 0.717) is 12.2 Å². The summed E-state index contributed by atoms with van der Waals surface area (Å²) in [5.74, 6) is -0.967. The summed E-state index contributed by atoms with van der Waals surface area (Å²) in [4.78, 5) is 12.2. The van der Waals surface area contributed by atoms with Crippen molar-refractivity contribution in [2.45, 2.75) is 32.5 Å². The summed E-state index contributed by atoms with van der Waals surface area (Å²) >= 11 is 5.87. The van der Waals surface area contributed by atoms with Gasteiger partial charge in [-0.3, -0.25) is 9.48 Å². The number of nitrogens with zero attached hydrogens (tertiary/aromatic N) is 4. The molecule has 0 spiro atoms. The number of carbonyl (C=O) groups excluding carboxylic acids is 1. The lowest BCUT2D eigenvalue weighted by Gasteiger charge is -2.12. The molecule has 1 aromatic carbocycles. The Morgan fingerprint density at radius 2 is 2.21 bits per heavy atom. The van der Waals surface area contributed by atoms with Crippen LogP contribution in [-0.4, -0.2) is 32.0 Å². The number of amides is 1. The van der Waals surface area contributed by atoms with Crippen molar-refractivity contribution in [3.8, 4) is 17.3 Å². The maximum absolute atomic E-state index is 14.4. The van der Waals surface area contributed by atoms with E-state index < -0.39 is 17.8 Å². The van der Waals surface area contributed by atoms with Crippen LogP contribution in [0.2, 0.25) is 5.02 Å². The quantitative estimate of drug-likeness (QED) is 0.636. The van der Waals surface area contributed by atoms with Crippen molar-refractivity contribution in [3.63, 3.8) is 0 Å². The molecular formula is C19H17ClFN5O3. The van der Waals surface area contributed by atoms with E-state index in [1.165, 1.54) is 25.1 Å². The number of rotatable bonds is 6. The Hall–Kier alpha value is -3.22. The van der Waals surface area contributed by atoms with Gasteiger partial charge in [-0.25, -0.2) is 4.39 Å². The van der Waals surface area contributed by atoms with E-state index >= 15 is 0 Å². The van der Waals surface area contributed by atoms with Crippen molar-refractivity contribution in [2.75, 3.05) is 0 Å². The molecule has 2 N–H and O–H groups in total. The van der Waals surface area contributed by atoms with Crippen molar-refractivity contribution >= 4 is 17.5 Å². The van der Waals surface area contributed by atoms with E-state index in [2.05, 4.69) is 15.6 Å². The molecule has 0 saturated carbocycles.